The summed E-state index contributed by atoms with van der Waals surface area (Å²) in [5, 5.41) is 5.67. The second-order valence-electron chi connectivity index (χ2n) is 10.6. The molecule has 3 aliphatic rings. The molecule has 3 fully saturated rings. The van der Waals surface area contributed by atoms with E-state index in [1.165, 1.54) is 42.9 Å². The number of thiazole rings is 1. The van der Waals surface area contributed by atoms with Gasteiger partial charge in [-0.1, -0.05) is 27.7 Å². The summed E-state index contributed by atoms with van der Waals surface area (Å²) in [6.45, 7) is 16.9. The maximum Gasteiger partial charge on any atom is 0.185 e. The quantitative estimate of drug-likeness (QED) is 0.655. The first-order chi connectivity index (χ1) is 13.3. The van der Waals surface area contributed by atoms with E-state index >= 15 is 0 Å². The number of nitrogens with zero attached hydrogens (tertiary/aromatic N) is 3. The van der Waals surface area contributed by atoms with Crippen molar-refractivity contribution < 1.29 is 4.84 Å². The fraction of sp³-hybridized carbons (Fsp3) is 0.870. The summed E-state index contributed by atoms with van der Waals surface area (Å²) in [5.74, 6) is 2.39. The molecular weight excluding hydrogens is 366 g/mol. The molecule has 3 atom stereocenters. The maximum absolute atomic E-state index is 5.64. The lowest BCUT2D eigenvalue weighted by Gasteiger charge is -2.55. The molecule has 4 rings (SSSR count). The Balaban J connectivity index is 1.42. The molecule has 0 radical (unpaired) electrons. The van der Waals surface area contributed by atoms with Crippen LogP contribution in [0.4, 0.5) is 5.13 Å². The summed E-state index contributed by atoms with van der Waals surface area (Å²) < 4.78 is 0. The van der Waals surface area contributed by atoms with Crippen LogP contribution in [0, 0.1) is 22.7 Å². The van der Waals surface area contributed by atoms with Crippen LogP contribution in [0.3, 0.4) is 0 Å². The minimum Gasteiger partial charge on any atom is -0.345 e. The van der Waals surface area contributed by atoms with Gasteiger partial charge in [-0.3, -0.25) is 4.84 Å². The third-order valence-electron chi connectivity index (χ3n) is 8.02. The van der Waals surface area contributed by atoms with Crippen molar-refractivity contribution in [2.45, 2.75) is 72.6 Å². The van der Waals surface area contributed by atoms with Crippen molar-refractivity contribution in [1.82, 2.24) is 10.0 Å². The third kappa shape index (κ3) is 3.99. The van der Waals surface area contributed by atoms with Crippen molar-refractivity contribution >= 4 is 16.5 Å². The van der Waals surface area contributed by atoms with E-state index < -0.39 is 0 Å². The fourth-order valence-electron chi connectivity index (χ4n) is 6.05. The van der Waals surface area contributed by atoms with Crippen molar-refractivity contribution in [3.05, 3.63) is 11.1 Å². The van der Waals surface area contributed by atoms with E-state index in [1.54, 1.807) is 0 Å². The molecule has 0 amide bonds. The van der Waals surface area contributed by atoms with Crippen LogP contribution in [0.25, 0.3) is 0 Å². The predicted molar refractivity (Wildman–Crippen MR) is 118 cm³/mol. The Bertz CT molecular complexity index is 663. The van der Waals surface area contributed by atoms with Gasteiger partial charge in [-0.25, -0.2) is 4.98 Å². The lowest BCUT2D eigenvalue weighted by Crippen LogP contribution is -2.47. The Hall–Kier alpha value is -0.650. The number of hydroxylamine groups is 2. The number of fused-ring (bicyclic) bond motifs is 1. The van der Waals surface area contributed by atoms with Crippen LogP contribution in [0.2, 0.25) is 0 Å². The van der Waals surface area contributed by atoms with E-state index in [0.717, 1.165) is 44.6 Å². The Morgan fingerprint density at radius 3 is 2.39 bits per heavy atom. The van der Waals surface area contributed by atoms with E-state index in [0.29, 0.717) is 16.7 Å². The Labute approximate surface area is 175 Å². The molecule has 158 valence electrons. The smallest absolute Gasteiger partial charge is 0.185 e. The first-order valence-corrected chi connectivity index (χ1v) is 12.3. The highest BCUT2D eigenvalue weighted by atomic mass is 32.1. The van der Waals surface area contributed by atoms with Crippen molar-refractivity contribution in [3.8, 4) is 0 Å². The van der Waals surface area contributed by atoms with Gasteiger partial charge in [-0.2, -0.15) is 5.06 Å². The molecule has 2 aliphatic carbocycles. The normalized spacial score (nSPS) is 32.9. The fourth-order valence-corrected chi connectivity index (χ4v) is 7.01. The molecule has 0 N–H and O–H groups in total. The van der Waals surface area contributed by atoms with Crippen LogP contribution in [-0.2, 0) is 4.84 Å². The molecule has 1 aromatic heterocycles. The molecule has 4 nitrogen and oxygen atoms in total. The van der Waals surface area contributed by atoms with Crippen LogP contribution in [0.15, 0.2) is 5.38 Å². The van der Waals surface area contributed by atoms with Gasteiger partial charge in [0.15, 0.2) is 5.13 Å². The van der Waals surface area contributed by atoms with E-state index in [-0.39, 0.29) is 0 Å². The summed E-state index contributed by atoms with van der Waals surface area (Å²) in [4.78, 5) is 13.2. The summed E-state index contributed by atoms with van der Waals surface area (Å²) >= 11 is 1.85. The molecule has 2 saturated carbocycles. The summed E-state index contributed by atoms with van der Waals surface area (Å²) in [7, 11) is 0. The number of hydrogen-bond acceptors (Lipinski definition) is 5. The zero-order valence-corrected chi connectivity index (χ0v) is 19.4. The Morgan fingerprint density at radius 2 is 1.71 bits per heavy atom. The average molecular weight is 406 g/mol. The van der Waals surface area contributed by atoms with E-state index in [4.69, 9.17) is 9.82 Å². The first kappa shape index (κ1) is 20.6. The van der Waals surface area contributed by atoms with Gasteiger partial charge in [0.2, 0.25) is 0 Å². The van der Waals surface area contributed by atoms with Crippen molar-refractivity contribution in [1.29, 1.82) is 0 Å². The van der Waals surface area contributed by atoms with Crippen molar-refractivity contribution in [2.24, 2.45) is 22.7 Å². The molecule has 0 aromatic carbocycles. The van der Waals surface area contributed by atoms with Gasteiger partial charge in [0.05, 0.1) is 12.3 Å². The molecular formula is C23H39N3OS. The lowest BCUT2D eigenvalue weighted by molar-refractivity contribution is -0.156. The van der Waals surface area contributed by atoms with Gasteiger partial charge in [0.1, 0.15) is 0 Å². The average Bonchev–Trinajstić information content (AvgIpc) is 3.16. The second kappa shape index (κ2) is 7.88. The maximum atomic E-state index is 5.64. The van der Waals surface area contributed by atoms with Crippen molar-refractivity contribution in [2.75, 3.05) is 37.7 Å². The topological polar surface area (TPSA) is 28.6 Å². The molecule has 0 spiro atoms. The van der Waals surface area contributed by atoms with Gasteiger partial charge in [-0.05, 0) is 61.7 Å². The minimum absolute atomic E-state index is 0.479. The van der Waals surface area contributed by atoms with Crippen LogP contribution in [0.1, 0.15) is 78.3 Å². The molecule has 1 aliphatic heterocycles. The molecule has 2 heterocycles. The molecule has 5 heteroatoms. The molecule has 3 unspecified atom stereocenters. The van der Waals surface area contributed by atoms with Crippen LogP contribution in [-0.4, -0.2) is 42.8 Å². The van der Waals surface area contributed by atoms with E-state index in [9.17, 15) is 0 Å². The van der Waals surface area contributed by atoms with Crippen molar-refractivity contribution in [3.63, 3.8) is 0 Å². The molecule has 0 bridgehead atoms. The SMILES string of the molecule is CCON1CCN(c2nc(C3CCC4C(C3)C(C)(C)CCC4(C)C)cs2)CC1. The zero-order chi connectivity index (χ0) is 19.9. The van der Waals surface area contributed by atoms with E-state index in [2.05, 4.69) is 50.0 Å². The monoisotopic (exact) mass is 405 g/mol. The summed E-state index contributed by atoms with van der Waals surface area (Å²) in [6.07, 6.45) is 6.80. The first-order valence-electron chi connectivity index (χ1n) is 11.4. The number of piperazine rings is 1. The van der Waals surface area contributed by atoms with Crippen LogP contribution in [0.5, 0.6) is 0 Å². The highest BCUT2D eigenvalue weighted by Gasteiger charge is 2.50. The van der Waals surface area contributed by atoms with Gasteiger partial charge in [0.25, 0.3) is 0 Å². The van der Waals surface area contributed by atoms with Gasteiger partial charge in [-0.15, -0.1) is 11.3 Å². The Morgan fingerprint density at radius 1 is 1.04 bits per heavy atom. The Kier molecular flexibility index (Phi) is 5.80. The van der Waals surface area contributed by atoms with Gasteiger partial charge >= 0.3 is 0 Å². The summed E-state index contributed by atoms with van der Waals surface area (Å²) in [5.41, 5.74) is 2.36. The van der Waals surface area contributed by atoms with Gasteiger partial charge < -0.3 is 4.90 Å². The van der Waals surface area contributed by atoms with E-state index in [1.807, 2.05) is 11.3 Å². The number of rotatable bonds is 4. The zero-order valence-electron chi connectivity index (χ0n) is 18.5. The minimum atomic E-state index is 0.479. The number of anilines is 1. The largest absolute Gasteiger partial charge is 0.345 e. The standard InChI is InChI=1S/C23H39N3OS/c1-6-27-26-13-11-25(12-14-26)21-24-20(16-28-21)17-7-8-18-19(15-17)23(4,5)10-9-22(18,2)3/h16-19H,6-15H2,1-5H3. The highest BCUT2D eigenvalue weighted by Crippen LogP contribution is 2.59. The third-order valence-corrected chi connectivity index (χ3v) is 8.94. The lowest BCUT2D eigenvalue weighted by atomic mass is 9.49. The molecule has 1 saturated heterocycles. The summed E-state index contributed by atoms with van der Waals surface area (Å²) in [6, 6.07) is 0. The molecule has 28 heavy (non-hydrogen) atoms. The predicted octanol–water partition coefficient (Wildman–Crippen LogP) is 5.56. The molecule has 1 aromatic rings. The second-order valence-corrected chi connectivity index (χ2v) is 11.4. The highest BCUT2D eigenvalue weighted by molar-refractivity contribution is 7.13. The van der Waals surface area contributed by atoms with Crippen LogP contribution < -0.4 is 4.90 Å². The number of aromatic nitrogens is 1. The number of hydrogen-bond donors (Lipinski definition) is 0. The van der Waals surface area contributed by atoms with Crippen LogP contribution >= 0.6 is 11.3 Å². The van der Waals surface area contributed by atoms with Gasteiger partial charge in [0, 0.05) is 37.5 Å².